The van der Waals surface area contributed by atoms with Crippen LogP contribution >= 0.6 is 0 Å². The molecule has 8 heteroatoms. The molecule has 0 aromatic rings. The van der Waals surface area contributed by atoms with Crippen LogP contribution in [0.3, 0.4) is 0 Å². The molecular formula is C13H26N4O4. The summed E-state index contributed by atoms with van der Waals surface area (Å²) in [5, 5.41) is 13.2. The zero-order valence-electron chi connectivity index (χ0n) is 12.6. The molecule has 0 fully saturated rings. The van der Waals surface area contributed by atoms with E-state index in [4.69, 9.17) is 16.6 Å². The van der Waals surface area contributed by atoms with Gasteiger partial charge in [0.1, 0.15) is 6.04 Å². The molecule has 21 heavy (non-hydrogen) atoms. The quantitative estimate of drug-likeness (QED) is 0.353. The fourth-order valence-electron chi connectivity index (χ4n) is 1.81. The van der Waals surface area contributed by atoms with Crippen molar-refractivity contribution in [2.45, 2.75) is 51.6 Å². The first kappa shape index (κ1) is 19.2. The van der Waals surface area contributed by atoms with E-state index in [0.717, 1.165) is 0 Å². The summed E-state index contributed by atoms with van der Waals surface area (Å²) in [5.41, 5.74) is 11.0. The van der Waals surface area contributed by atoms with Crippen LogP contribution in [0.4, 0.5) is 4.79 Å². The first-order valence-corrected chi connectivity index (χ1v) is 7.06. The second-order valence-corrected chi connectivity index (χ2v) is 5.43. The molecule has 3 amide bonds. The summed E-state index contributed by atoms with van der Waals surface area (Å²) in [6.45, 7) is 4.18. The van der Waals surface area contributed by atoms with Crippen LogP contribution in [0.1, 0.15) is 39.5 Å². The Morgan fingerprint density at radius 3 is 2.29 bits per heavy atom. The van der Waals surface area contributed by atoms with Crippen LogP contribution in [0.15, 0.2) is 0 Å². The van der Waals surface area contributed by atoms with Crippen molar-refractivity contribution in [1.82, 2.24) is 10.6 Å². The second kappa shape index (κ2) is 9.98. The molecule has 0 aromatic heterocycles. The lowest BCUT2D eigenvalue weighted by atomic mass is 10.0. The molecule has 0 rings (SSSR count). The highest BCUT2D eigenvalue weighted by Crippen LogP contribution is 2.05. The molecule has 0 spiro atoms. The molecular weight excluding hydrogens is 276 g/mol. The number of nitrogens with two attached hydrogens (primary N) is 2. The van der Waals surface area contributed by atoms with Gasteiger partial charge in [0, 0.05) is 6.54 Å². The van der Waals surface area contributed by atoms with Gasteiger partial charge < -0.3 is 27.2 Å². The van der Waals surface area contributed by atoms with Crippen LogP contribution in [0, 0.1) is 5.92 Å². The van der Waals surface area contributed by atoms with E-state index >= 15 is 0 Å². The van der Waals surface area contributed by atoms with E-state index in [2.05, 4.69) is 10.6 Å². The van der Waals surface area contributed by atoms with E-state index in [0.29, 0.717) is 32.2 Å². The van der Waals surface area contributed by atoms with Crippen molar-refractivity contribution < 1.29 is 19.5 Å². The van der Waals surface area contributed by atoms with Gasteiger partial charge in [0.15, 0.2) is 0 Å². The molecule has 0 radical (unpaired) electrons. The van der Waals surface area contributed by atoms with Crippen LogP contribution in [0.25, 0.3) is 0 Å². The van der Waals surface area contributed by atoms with Gasteiger partial charge in [0.2, 0.25) is 11.8 Å². The standard InChI is InChI=1S/C13H26N4O4/c1-8(2)7-10(11(15)18)17-12(19)9(14)5-3-4-6-16-13(20)21/h8-10,16H,3-7,14H2,1-2H3,(H2,15,18)(H,17,19)(H,20,21)/t9-,10-/m0/s1. The highest BCUT2D eigenvalue weighted by Gasteiger charge is 2.22. The van der Waals surface area contributed by atoms with Crippen LogP contribution in [0.5, 0.6) is 0 Å². The number of primary amides is 1. The third-order valence-electron chi connectivity index (χ3n) is 2.92. The number of rotatable bonds is 10. The van der Waals surface area contributed by atoms with Gasteiger partial charge in [-0.25, -0.2) is 4.79 Å². The average molecular weight is 302 g/mol. The molecule has 0 unspecified atom stereocenters. The first-order chi connectivity index (χ1) is 9.73. The molecule has 0 aliphatic heterocycles. The Balaban J connectivity index is 4.06. The first-order valence-electron chi connectivity index (χ1n) is 7.06. The summed E-state index contributed by atoms with van der Waals surface area (Å²) < 4.78 is 0. The second-order valence-electron chi connectivity index (χ2n) is 5.43. The van der Waals surface area contributed by atoms with Gasteiger partial charge in [-0.05, 0) is 31.6 Å². The van der Waals surface area contributed by atoms with Gasteiger partial charge >= 0.3 is 6.09 Å². The predicted molar refractivity (Wildman–Crippen MR) is 78.4 cm³/mol. The highest BCUT2D eigenvalue weighted by molar-refractivity contribution is 5.88. The minimum absolute atomic E-state index is 0.223. The van der Waals surface area contributed by atoms with Gasteiger partial charge in [-0.2, -0.15) is 0 Å². The number of carboxylic acid groups (broad SMARTS) is 1. The van der Waals surface area contributed by atoms with Crippen LogP contribution in [-0.2, 0) is 9.59 Å². The van der Waals surface area contributed by atoms with Gasteiger partial charge in [-0.1, -0.05) is 13.8 Å². The Morgan fingerprint density at radius 1 is 1.19 bits per heavy atom. The molecule has 0 saturated carbocycles. The monoisotopic (exact) mass is 302 g/mol. The summed E-state index contributed by atoms with van der Waals surface area (Å²) in [6.07, 6.45) is 1.02. The number of unbranched alkanes of at least 4 members (excludes halogenated alkanes) is 1. The molecule has 2 atom stereocenters. The lowest BCUT2D eigenvalue weighted by molar-refractivity contribution is -0.128. The van der Waals surface area contributed by atoms with E-state index < -0.39 is 30.0 Å². The van der Waals surface area contributed by atoms with E-state index in [1.165, 1.54) is 0 Å². The van der Waals surface area contributed by atoms with Crippen LogP contribution in [0.2, 0.25) is 0 Å². The predicted octanol–water partition coefficient (Wildman–Crippen LogP) is -0.232. The number of carbonyl (C=O) groups is 3. The Hall–Kier alpha value is -1.83. The molecule has 0 aliphatic carbocycles. The van der Waals surface area contributed by atoms with Gasteiger partial charge in [-0.3, -0.25) is 9.59 Å². The largest absolute Gasteiger partial charge is 0.465 e. The fraction of sp³-hybridized carbons (Fsp3) is 0.769. The molecule has 0 saturated heterocycles. The maximum absolute atomic E-state index is 11.9. The Labute approximate surface area is 124 Å². The highest BCUT2D eigenvalue weighted by atomic mass is 16.4. The van der Waals surface area contributed by atoms with E-state index in [9.17, 15) is 14.4 Å². The summed E-state index contributed by atoms with van der Waals surface area (Å²) in [6, 6.07) is -1.44. The molecule has 8 nitrogen and oxygen atoms in total. The zero-order chi connectivity index (χ0) is 16.4. The normalized spacial score (nSPS) is 13.5. The van der Waals surface area contributed by atoms with E-state index in [1.54, 1.807) is 0 Å². The van der Waals surface area contributed by atoms with Crippen molar-refractivity contribution in [2.24, 2.45) is 17.4 Å². The molecule has 0 bridgehead atoms. The van der Waals surface area contributed by atoms with E-state index in [-0.39, 0.29) is 5.92 Å². The van der Waals surface area contributed by atoms with Crippen molar-refractivity contribution in [3.05, 3.63) is 0 Å². The van der Waals surface area contributed by atoms with Crippen molar-refractivity contribution in [2.75, 3.05) is 6.54 Å². The van der Waals surface area contributed by atoms with Crippen molar-refractivity contribution >= 4 is 17.9 Å². The van der Waals surface area contributed by atoms with Crippen LogP contribution in [-0.4, -0.2) is 41.6 Å². The summed E-state index contributed by atoms with van der Waals surface area (Å²) in [4.78, 5) is 33.4. The number of nitrogens with one attached hydrogen (secondary N) is 2. The Bertz CT molecular complexity index is 360. The number of carbonyl (C=O) groups excluding carboxylic acids is 2. The molecule has 122 valence electrons. The third kappa shape index (κ3) is 9.67. The smallest absolute Gasteiger partial charge is 0.404 e. The van der Waals surface area contributed by atoms with E-state index in [1.807, 2.05) is 13.8 Å². The maximum atomic E-state index is 11.9. The summed E-state index contributed by atoms with van der Waals surface area (Å²) >= 11 is 0. The van der Waals surface area contributed by atoms with Crippen molar-refractivity contribution in [3.8, 4) is 0 Å². The number of hydrogen-bond acceptors (Lipinski definition) is 4. The zero-order valence-corrected chi connectivity index (χ0v) is 12.6. The van der Waals surface area contributed by atoms with Crippen molar-refractivity contribution in [3.63, 3.8) is 0 Å². The molecule has 0 aromatic carbocycles. The fourth-order valence-corrected chi connectivity index (χ4v) is 1.81. The minimum atomic E-state index is -1.07. The molecule has 7 N–H and O–H groups in total. The molecule has 0 aliphatic rings. The maximum Gasteiger partial charge on any atom is 0.404 e. The lowest BCUT2D eigenvalue weighted by Gasteiger charge is -2.20. The van der Waals surface area contributed by atoms with Crippen LogP contribution < -0.4 is 22.1 Å². The SMILES string of the molecule is CC(C)C[C@H](NC(=O)[C@@H](N)CCCCNC(=O)O)C(N)=O. The third-order valence-corrected chi connectivity index (χ3v) is 2.92. The van der Waals surface area contributed by atoms with Gasteiger partial charge in [0.05, 0.1) is 6.04 Å². The number of hydrogen-bond donors (Lipinski definition) is 5. The average Bonchev–Trinajstić information content (AvgIpc) is 2.36. The minimum Gasteiger partial charge on any atom is -0.465 e. The van der Waals surface area contributed by atoms with Gasteiger partial charge in [-0.15, -0.1) is 0 Å². The number of amides is 3. The summed E-state index contributed by atoms with van der Waals surface area (Å²) in [7, 11) is 0. The summed E-state index contributed by atoms with van der Waals surface area (Å²) in [5.74, 6) is -0.762. The Morgan fingerprint density at radius 2 is 1.81 bits per heavy atom. The van der Waals surface area contributed by atoms with Crippen molar-refractivity contribution in [1.29, 1.82) is 0 Å². The lowest BCUT2D eigenvalue weighted by Crippen LogP contribution is -2.50. The topological polar surface area (TPSA) is 148 Å². The Kier molecular flexibility index (Phi) is 9.11. The van der Waals surface area contributed by atoms with Gasteiger partial charge in [0.25, 0.3) is 0 Å². The molecule has 0 heterocycles.